The first-order valence-corrected chi connectivity index (χ1v) is 13.3. The van der Waals surface area contributed by atoms with E-state index in [1.807, 2.05) is 35.2 Å². The van der Waals surface area contributed by atoms with Crippen LogP contribution in [0.3, 0.4) is 0 Å². The third kappa shape index (κ3) is 4.64. The average Bonchev–Trinajstić information content (AvgIpc) is 3.26. The molecule has 2 N–H and O–H groups in total. The number of piperazine rings is 1. The Morgan fingerprint density at radius 1 is 1.08 bits per heavy atom. The Morgan fingerprint density at radius 3 is 2.49 bits per heavy atom. The van der Waals surface area contributed by atoms with E-state index in [0.29, 0.717) is 55.0 Å². The number of aromatic nitrogens is 4. The number of aliphatic hydroxyl groups is 1. The highest BCUT2D eigenvalue weighted by Crippen LogP contribution is 2.32. The molecule has 2 aromatic heterocycles. The second kappa shape index (κ2) is 10.1. The van der Waals surface area contributed by atoms with Crippen LogP contribution in [-0.2, 0) is 10.0 Å². The molecule has 0 unspecified atom stereocenters. The molecular formula is C25H28N6O5S. The third-order valence-electron chi connectivity index (χ3n) is 6.51. The van der Waals surface area contributed by atoms with Crippen molar-refractivity contribution in [3.05, 3.63) is 64.6 Å². The van der Waals surface area contributed by atoms with Gasteiger partial charge in [0.15, 0.2) is 5.52 Å². The molecule has 0 aliphatic carbocycles. The number of ether oxygens (including phenoxy) is 1. The molecule has 37 heavy (non-hydrogen) atoms. The average molecular weight is 525 g/mol. The fraction of sp³-hybridized carbons (Fsp3) is 0.320. The van der Waals surface area contributed by atoms with Crippen molar-refractivity contribution in [3.8, 4) is 22.8 Å². The number of aryl methyl sites for hydroxylation is 1. The van der Waals surface area contributed by atoms with E-state index in [-0.39, 0.29) is 28.6 Å². The number of sulfonamides is 1. The summed E-state index contributed by atoms with van der Waals surface area (Å²) in [5.41, 5.74) is 2.19. The van der Waals surface area contributed by atoms with Gasteiger partial charge >= 0.3 is 0 Å². The van der Waals surface area contributed by atoms with E-state index < -0.39 is 10.0 Å². The van der Waals surface area contributed by atoms with Crippen LogP contribution in [0.2, 0.25) is 0 Å². The predicted octanol–water partition coefficient (Wildman–Crippen LogP) is 1.39. The first-order chi connectivity index (χ1) is 17.8. The highest BCUT2D eigenvalue weighted by atomic mass is 32.2. The van der Waals surface area contributed by atoms with Crippen molar-refractivity contribution >= 4 is 21.1 Å². The van der Waals surface area contributed by atoms with Gasteiger partial charge in [0.05, 0.1) is 35.6 Å². The number of fused-ring (bicyclic) bond motifs is 1. The summed E-state index contributed by atoms with van der Waals surface area (Å²) in [7, 11) is -2.31. The minimum atomic E-state index is -3.75. The molecular weight excluding hydrogens is 496 g/mol. The SMILES string of the molecule is COc1cc(S(=O)(=O)N2CCN(CCO)CC2)ccc1-c1nc2c(C)nn(-c3ccccc3)c2c(=O)[nH]1. The zero-order chi connectivity index (χ0) is 26.2. The van der Waals surface area contributed by atoms with Gasteiger partial charge in [-0.2, -0.15) is 9.40 Å². The molecule has 11 nitrogen and oxygen atoms in total. The van der Waals surface area contributed by atoms with E-state index >= 15 is 0 Å². The van der Waals surface area contributed by atoms with Gasteiger partial charge in [-0.15, -0.1) is 0 Å². The molecule has 1 saturated heterocycles. The quantitative estimate of drug-likeness (QED) is 0.371. The maximum absolute atomic E-state index is 13.3. The van der Waals surface area contributed by atoms with E-state index in [1.54, 1.807) is 17.7 Å². The van der Waals surface area contributed by atoms with E-state index in [2.05, 4.69) is 15.1 Å². The molecule has 1 aliphatic rings. The lowest BCUT2D eigenvalue weighted by Gasteiger charge is -2.33. The van der Waals surface area contributed by atoms with E-state index in [0.717, 1.165) is 5.69 Å². The monoisotopic (exact) mass is 524 g/mol. The van der Waals surface area contributed by atoms with E-state index in [4.69, 9.17) is 9.84 Å². The topological polar surface area (TPSA) is 134 Å². The number of rotatable bonds is 7. The van der Waals surface area contributed by atoms with Gasteiger partial charge in [-0.25, -0.2) is 18.1 Å². The molecule has 0 radical (unpaired) electrons. The van der Waals surface area contributed by atoms with Crippen molar-refractivity contribution in [2.75, 3.05) is 46.4 Å². The molecule has 1 fully saturated rings. The maximum atomic E-state index is 13.3. The number of nitrogens with zero attached hydrogens (tertiary/aromatic N) is 5. The Labute approximate surface area is 214 Å². The molecule has 0 bridgehead atoms. The van der Waals surface area contributed by atoms with Crippen LogP contribution in [0.1, 0.15) is 5.69 Å². The molecule has 194 valence electrons. The minimum Gasteiger partial charge on any atom is -0.496 e. The number of para-hydroxylation sites is 1. The zero-order valence-electron chi connectivity index (χ0n) is 20.6. The Balaban J connectivity index is 1.51. The number of aromatic amines is 1. The highest BCUT2D eigenvalue weighted by Gasteiger charge is 2.29. The van der Waals surface area contributed by atoms with Crippen LogP contribution >= 0.6 is 0 Å². The summed E-state index contributed by atoms with van der Waals surface area (Å²) < 4.78 is 35.1. The second-order valence-corrected chi connectivity index (χ2v) is 10.7. The second-order valence-electron chi connectivity index (χ2n) is 8.78. The zero-order valence-corrected chi connectivity index (χ0v) is 21.4. The Morgan fingerprint density at radius 2 is 1.81 bits per heavy atom. The van der Waals surface area contributed by atoms with E-state index in [9.17, 15) is 13.2 Å². The van der Waals surface area contributed by atoms with Crippen molar-refractivity contribution in [2.24, 2.45) is 0 Å². The number of H-pyrrole nitrogens is 1. The summed E-state index contributed by atoms with van der Waals surface area (Å²) in [4.78, 5) is 22.8. The minimum absolute atomic E-state index is 0.0416. The van der Waals surface area contributed by atoms with Crippen LogP contribution in [-0.4, -0.2) is 88.9 Å². The lowest BCUT2D eigenvalue weighted by molar-refractivity contribution is 0.151. The van der Waals surface area contributed by atoms with Gasteiger partial charge in [-0.3, -0.25) is 9.69 Å². The Kier molecular flexibility index (Phi) is 6.82. The molecule has 12 heteroatoms. The van der Waals surface area contributed by atoms with Crippen molar-refractivity contribution in [2.45, 2.75) is 11.8 Å². The number of hydrogen-bond acceptors (Lipinski definition) is 8. The van der Waals surface area contributed by atoms with Crippen LogP contribution in [0.25, 0.3) is 28.1 Å². The van der Waals surface area contributed by atoms with Gasteiger partial charge in [-0.05, 0) is 31.2 Å². The molecule has 0 atom stereocenters. The van der Waals surface area contributed by atoms with Crippen molar-refractivity contribution in [1.82, 2.24) is 29.0 Å². The molecule has 3 heterocycles. The smallest absolute Gasteiger partial charge is 0.277 e. The summed E-state index contributed by atoms with van der Waals surface area (Å²) in [6.45, 7) is 4.12. The van der Waals surface area contributed by atoms with E-state index in [1.165, 1.54) is 23.5 Å². The first-order valence-electron chi connectivity index (χ1n) is 11.9. The van der Waals surface area contributed by atoms with Gasteiger partial charge in [-0.1, -0.05) is 18.2 Å². The normalized spacial score (nSPS) is 15.3. The fourth-order valence-electron chi connectivity index (χ4n) is 4.56. The number of methoxy groups -OCH3 is 1. The first kappa shape index (κ1) is 25.1. The summed E-state index contributed by atoms with van der Waals surface area (Å²) in [5, 5.41) is 13.6. The van der Waals surface area contributed by atoms with Crippen LogP contribution in [0.4, 0.5) is 0 Å². The van der Waals surface area contributed by atoms with Gasteiger partial charge in [0, 0.05) is 38.8 Å². The number of β-amino-alcohol motifs (C(OH)–C–C–N with tert-alkyl or cyclic N) is 1. The lowest BCUT2D eigenvalue weighted by Crippen LogP contribution is -2.49. The van der Waals surface area contributed by atoms with Gasteiger partial charge in [0.2, 0.25) is 10.0 Å². The van der Waals surface area contributed by atoms with Gasteiger partial charge in [0.25, 0.3) is 5.56 Å². The third-order valence-corrected chi connectivity index (χ3v) is 8.41. The Hall–Kier alpha value is -3.58. The standard InChI is InChI=1S/C25H28N6O5S/c1-17-22-23(31(28-17)18-6-4-3-5-7-18)25(33)27-24(26-22)20-9-8-19(16-21(20)36-2)37(34,35)30-12-10-29(11-13-30)14-15-32/h3-9,16,32H,10-15H2,1-2H3,(H,26,27,33). The van der Waals surface area contributed by atoms with Crippen molar-refractivity contribution in [1.29, 1.82) is 0 Å². The molecule has 0 saturated carbocycles. The van der Waals surface area contributed by atoms with Crippen molar-refractivity contribution in [3.63, 3.8) is 0 Å². The summed E-state index contributed by atoms with van der Waals surface area (Å²) in [5.74, 6) is 0.530. The number of nitrogens with one attached hydrogen (secondary N) is 1. The molecule has 4 aromatic rings. The molecule has 0 spiro atoms. The molecule has 5 rings (SSSR count). The number of hydrogen-bond donors (Lipinski definition) is 2. The van der Waals surface area contributed by atoms with Crippen molar-refractivity contribution < 1.29 is 18.3 Å². The summed E-state index contributed by atoms with van der Waals surface area (Å²) >= 11 is 0. The van der Waals surface area contributed by atoms with Crippen LogP contribution < -0.4 is 10.3 Å². The molecule has 1 aliphatic heterocycles. The largest absolute Gasteiger partial charge is 0.496 e. The number of benzene rings is 2. The van der Waals surface area contributed by atoms with Gasteiger partial charge < -0.3 is 14.8 Å². The molecule has 2 aromatic carbocycles. The Bertz CT molecular complexity index is 1590. The number of aliphatic hydroxyl groups excluding tert-OH is 1. The lowest BCUT2D eigenvalue weighted by atomic mass is 10.2. The van der Waals surface area contributed by atoms with Gasteiger partial charge in [0.1, 0.15) is 17.1 Å². The fourth-order valence-corrected chi connectivity index (χ4v) is 6.00. The van der Waals surface area contributed by atoms with Crippen LogP contribution in [0.5, 0.6) is 5.75 Å². The summed E-state index contributed by atoms with van der Waals surface area (Å²) in [6.07, 6.45) is 0. The summed E-state index contributed by atoms with van der Waals surface area (Å²) in [6, 6.07) is 13.9. The molecule has 0 amide bonds. The predicted molar refractivity (Wildman–Crippen MR) is 138 cm³/mol. The maximum Gasteiger partial charge on any atom is 0.277 e. The van der Waals surface area contributed by atoms with Crippen LogP contribution in [0, 0.1) is 6.92 Å². The highest BCUT2D eigenvalue weighted by molar-refractivity contribution is 7.89. The van der Waals surface area contributed by atoms with Crippen LogP contribution in [0.15, 0.2) is 58.2 Å².